The molecule has 0 spiro atoms. The van der Waals surface area contributed by atoms with Gasteiger partial charge in [0.2, 0.25) is 0 Å². The van der Waals surface area contributed by atoms with Gasteiger partial charge in [-0.25, -0.2) is 4.68 Å². The van der Waals surface area contributed by atoms with E-state index in [9.17, 15) is 4.79 Å². The fourth-order valence-electron chi connectivity index (χ4n) is 1.40. The van der Waals surface area contributed by atoms with Crippen LogP contribution in [0.1, 0.15) is 11.7 Å². The van der Waals surface area contributed by atoms with Crippen LogP contribution in [0.3, 0.4) is 0 Å². The summed E-state index contributed by atoms with van der Waals surface area (Å²) < 4.78 is 6.70. The number of hydrogen-bond donors (Lipinski definition) is 0. The lowest BCUT2D eigenvalue weighted by atomic mass is 10.3. The van der Waals surface area contributed by atoms with E-state index in [0.29, 0.717) is 15.8 Å². The number of benzene rings is 1. The quantitative estimate of drug-likeness (QED) is 0.869. The van der Waals surface area contributed by atoms with Crippen molar-refractivity contribution in [3.05, 3.63) is 46.7 Å². The lowest BCUT2D eigenvalue weighted by molar-refractivity contribution is 0.0710. The third-order valence-electron chi connectivity index (χ3n) is 2.28. The molecule has 1 heterocycles. The lowest BCUT2D eigenvalue weighted by Gasteiger charge is -2.14. The summed E-state index contributed by atoms with van der Waals surface area (Å²) in [6.07, 6.45) is 2.40. The molecule has 0 aliphatic carbocycles. The van der Waals surface area contributed by atoms with Gasteiger partial charge in [0.05, 0.1) is 5.02 Å². The van der Waals surface area contributed by atoms with Crippen LogP contribution >= 0.6 is 23.2 Å². The van der Waals surface area contributed by atoms with E-state index < -0.39 is 6.10 Å². The van der Waals surface area contributed by atoms with E-state index in [4.69, 9.17) is 27.9 Å². The van der Waals surface area contributed by atoms with E-state index in [1.165, 1.54) is 10.9 Å². The Labute approximate surface area is 114 Å². The minimum Gasteiger partial charge on any atom is -0.479 e. The molecule has 4 nitrogen and oxygen atoms in total. The second-order valence-corrected chi connectivity index (χ2v) is 4.47. The van der Waals surface area contributed by atoms with Crippen LogP contribution in [0.15, 0.2) is 36.7 Å². The van der Waals surface area contributed by atoms with E-state index in [2.05, 4.69) is 5.10 Å². The topological polar surface area (TPSA) is 44.1 Å². The van der Waals surface area contributed by atoms with Crippen LogP contribution in [0.25, 0.3) is 0 Å². The first-order chi connectivity index (χ1) is 8.58. The van der Waals surface area contributed by atoms with Gasteiger partial charge in [-0.3, -0.25) is 4.79 Å². The van der Waals surface area contributed by atoms with Crippen molar-refractivity contribution in [1.29, 1.82) is 0 Å². The fourth-order valence-corrected chi connectivity index (χ4v) is 1.85. The van der Waals surface area contributed by atoms with Crippen molar-refractivity contribution in [2.75, 3.05) is 0 Å². The van der Waals surface area contributed by atoms with Crippen LogP contribution in [-0.2, 0) is 0 Å². The molecule has 1 atom stereocenters. The zero-order valence-electron chi connectivity index (χ0n) is 9.51. The molecule has 1 aromatic carbocycles. The van der Waals surface area contributed by atoms with Crippen LogP contribution in [0.2, 0.25) is 10.0 Å². The zero-order chi connectivity index (χ0) is 13.1. The lowest BCUT2D eigenvalue weighted by Crippen LogP contribution is -2.29. The number of carbonyl (C=O) groups is 1. The molecule has 94 valence electrons. The molecule has 2 aromatic rings. The molecule has 0 bridgehead atoms. The van der Waals surface area contributed by atoms with Crippen molar-refractivity contribution in [2.45, 2.75) is 13.0 Å². The molecule has 0 saturated carbocycles. The molecule has 18 heavy (non-hydrogen) atoms. The molecule has 0 N–H and O–H groups in total. The highest BCUT2D eigenvalue weighted by molar-refractivity contribution is 6.35. The number of aromatic nitrogens is 2. The average molecular weight is 285 g/mol. The summed E-state index contributed by atoms with van der Waals surface area (Å²) in [6.45, 7) is 1.63. The minimum atomic E-state index is -0.691. The summed E-state index contributed by atoms with van der Waals surface area (Å²) in [5.74, 6) is 0.139. The van der Waals surface area contributed by atoms with Crippen molar-refractivity contribution < 1.29 is 9.53 Å². The first-order valence-electron chi connectivity index (χ1n) is 5.23. The summed E-state index contributed by atoms with van der Waals surface area (Å²) in [5.41, 5.74) is 0. The monoisotopic (exact) mass is 284 g/mol. The van der Waals surface area contributed by atoms with Gasteiger partial charge in [0, 0.05) is 17.4 Å². The highest BCUT2D eigenvalue weighted by Crippen LogP contribution is 2.28. The largest absolute Gasteiger partial charge is 0.479 e. The van der Waals surface area contributed by atoms with Crippen molar-refractivity contribution in [3.63, 3.8) is 0 Å². The van der Waals surface area contributed by atoms with Crippen LogP contribution in [0.4, 0.5) is 0 Å². The minimum absolute atomic E-state index is 0.272. The summed E-state index contributed by atoms with van der Waals surface area (Å²) in [4.78, 5) is 11.9. The van der Waals surface area contributed by atoms with Crippen LogP contribution in [0.5, 0.6) is 5.75 Å². The van der Waals surface area contributed by atoms with Gasteiger partial charge >= 0.3 is 0 Å². The molecular weight excluding hydrogens is 275 g/mol. The molecule has 0 radical (unpaired) electrons. The first-order valence-corrected chi connectivity index (χ1v) is 5.99. The molecule has 0 aliphatic rings. The Kier molecular flexibility index (Phi) is 3.89. The van der Waals surface area contributed by atoms with Crippen molar-refractivity contribution in [3.8, 4) is 5.75 Å². The highest BCUT2D eigenvalue weighted by atomic mass is 35.5. The Hall–Kier alpha value is -1.52. The Bertz CT molecular complexity index is 555. The molecule has 1 aromatic heterocycles. The molecule has 0 fully saturated rings. The summed E-state index contributed by atoms with van der Waals surface area (Å²) in [7, 11) is 0. The van der Waals surface area contributed by atoms with Gasteiger partial charge in [-0.2, -0.15) is 5.10 Å². The predicted octanol–water partition coefficient (Wildman–Crippen LogP) is 3.30. The van der Waals surface area contributed by atoms with Gasteiger partial charge in [0.25, 0.3) is 5.91 Å². The Balaban J connectivity index is 2.11. The maximum absolute atomic E-state index is 11.9. The SMILES string of the molecule is CC(Oc1ccc(Cl)cc1Cl)C(=O)n1cccn1. The number of halogens is 2. The van der Waals surface area contributed by atoms with E-state index in [1.807, 2.05) is 0 Å². The summed E-state index contributed by atoms with van der Waals surface area (Å²) >= 11 is 11.7. The van der Waals surface area contributed by atoms with Gasteiger partial charge in [0.1, 0.15) is 5.75 Å². The second-order valence-electron chi connectivity index (χ2n) is 3.62. The molecule has 0 amide bonds. The van der Waals surface area contributed by atoms with Crippen molar-refractivity contribution in [2.24, 2.45) is 0 Å². The molecule has 1 unspecified atom stereocenters. The third-order valence-corrected chi connectivity index (χ3v) is 2.81. The van der Waals surface area contributed by atoms with Gasteiger partial charge in [-0.1, -0.05) is 23.2 Å². The van der Waals surface area contributed by atoms with Gasteiger partial charge in [0.15, 0.2) is 6.10 Å². The van der Waals surface area contributed by atoms with E-state index in [1.54, 1.807) is 37.4 Å². The Morgan fingerprint density at radius 1 is 1.44 bits per heavy atom. The van der Waals surface area contributed by atoms with Crippen molar-refractivity contribution in [1.82, 2.24) is 9.78 Å². The second kappa shape index (κ2) is 5.42. The van der Waals surface area contributed by atoms with Gasteiger partial charge < -0.3 is 4.74 Å². The number of ether oxygens (including phenoxy) is 1. The molecule has 6 heteroatoms. The van der Waals surface area contributed by atoms with Gasteiger partial charge in [-0.15, -0.1) is 0 Å². The molecule has 0 saturated heterocycles. The smallest absolute Gasteiger partial charge is 0.287 e. The third kappa shape index (κ3) is 2.83. The number of hydrogen-bond acceptors (Lipinski definition) is 3. The van der Waals surface area contributed by atoms with Crippen LogP contribution in [0, 0.1) is 0 Å². The van der Waals surface area contributed by atoms with E-state index in [-0.39, 0.29) is 5.91 Å². The van der Waals surface area contributed by atoms with E-state index in [0.717, 1.165) is 0 Å². The normalized spacial score (nSPS) is 12.2. The molecule has 2 rings (SSSR count). The first kappa shape index (κ1) is 12.9. The van der Waals surface area contributed by atoms with Crippen LogP contribution < -0.4 is 4.74 Å². The standard InChI is InChI=1S/C12H10Cl2N2O2/c1-8(12(17)16-6-2-5-15-16)18-11-4-3-9(13)7-10(11)14/h2-8H,1H3. The molecular formula is C12H10Cl2N2O2. The van der Waals surface area contributed by atoms with Crippen LogP contribution in [-0.4, -0.2) is 21.8 Å². The Morgan fingerprint density at radius 2 is 2.22 bits per heavy atom. The van der Waals surface area contributed by atoms with Gasteiger partial charge in [-0.05, 0) is 31.2 Å². The number of carbonyl (C=O) groups excluding carboxylic acids is 1. The fraction of sp³-hybridized carbons (Fsp3) is 0.167. The summed E-state index contributed by atoms with van der Waals surface area (Å²) in [5, 5.41) is 4.72. The zero-order valence-corrected chi connectivity index (χ0v) is 11.0. The highest BCUT2D eigenvalue weighted by Gasteiger charge is 2.18. The maximum atomic E-state index is 11.9. The average Bonchev–Trinajstić information content (AvgIpc) is 2.85. The van der Waals surface area contributed by atoms with Crippen molar-refractivity contribution >= 4 is 29.1 Å². The predicted molar refractivity (Wildman–Crippen MR) is 69.4 cm³/mol. The number of nitrogens with zero attached hydrogens (tertiary/aromatic N) is 2. The molecule has 0 aliphatic heterocycles. The number of rotatable bonds is 3. The Morgan fingerprint density at radius 3 is 2.83 bits per heavy atom. The van der Waals surface area contributed by atoms with E-state index >= 15 is 0 Å². The maximum Gasteiger partial charge on any atom is 0.287 e. The summed E-state index contributed by atoms with van der Waals surface area (Å²) in [6, 6.07) is 6.49.